The van der Waals surface area contributed by atoms with Crippen molar-refractivity contribution in [1.82, 2.24) is 24.4 Å². The molecular formula is C12H13N5O2S. The quantitative estimate of drug-likeness (QED) is 0.732. The van der Waals surface area contributed by atoms with E-state index in [-0.39, 0.29) is 12.2 Å². The van der Waals surface area contributed by atoms with Gasteiger partial charge in [0, 0.05) is 30.4 Å². The third-order valence-corrected chi connectivity index (χ3v) is 3.61. The van der Waals surface area contributed by atoms with Gasteiger partial charge in [-0.2, -0.15) is 0 Å². The average molecular weight is 291 g/mol. The first-order valence-corrected chi connectivity index (χ1v) is 7.10. The summed E-state index contributed by atoms with van der Waals surface area (Å²) in [5.41, 5.74) is 1.40. The van der Waals surface area contributed by atoms with Gasteiger partial charge in [-0.05, 0) is 12.8 Å². The zero-order valence-electron chi connectivity index (χ0n) is 10.6. The summed E-state index contributed by atoms with van der Waals surface area (Å²) >= 11 is 1.42. The number of nitrogens with zero attached hydrogens (tertiary/aromatic N) is 5. The molecule has 7 nitrogen and oxygen atoms in total. The van der Waals surface area contributed by atoms with E-state index in [1.807, 2.05) is 11.6 Å². The van der Waals surface area contributed by atoms with Crippen LogP contribution in [0.3, 0.4) is 0 Å². The van der Waals surface area contributed by atoms with Gasteiger partial charge in [0.25, 0.3) is 5.56 Å². The molecule has 3 aromatic heterocycles. The van der Waals surface area contributed by atoms with Crippen LogP contribution in [0.15, 0.2) is 28.6 Å². The smallest absolute Gasteiger partial charge is 0.258 e. The van der Waals surface area contributed by atoms with E-state index in [1.54, 1.807) is 10.9 Å². The molecule has 3 rings (SSSR count). The Bertz CT molecular complexity index is 775. The number of hydrogen-bond acceptors (Lipinski definition) is 6. The SMILES string of the molecule is O=c1cc(Cn2cc(CCCO)nn2)nc2sccn12. The van der Waals surface area contributed by atoms with Crippen molar-refractivity contribution in [2.75, 3.05) is 6.61 Å². The summed E-state index contributed by atoms with van der Waals surface area (Å²) in [6.07, 6.45) is 4.88. The van der Waals surface area contributed by atoms with Crippen molar-refractivity contribution < 1.29 is 5.11 Å². The Morgan fingerprint density at radius 1 is 1.35 bits per heavy atom. The second-order valence-electron chi connectivity index (χ2n) is 4.38. The van der Waals surface area contributed by atoms with Crippen LogP contribution in [0, 0.1) is 0 Å². The Labute approximate surface area is 118 Å². The molecule has 0 spiro atoms. The third-order valence-electron chi connectivity index (χ3n) is 2.86. The minimum absolute atomic E-state index is 0.0909. The number of aromatic nitrogens is 5. The van der Waals surface area contributed by atoms with E-state index in [0.717, 1.165) is 5.69 Å². The Kier molecular flexibility index (Phi) is 3.57. The fourth-order valence-corrected chi connectivity index (χ4v) is 2.66. The van der Waals surface area contributed by atoms with Crippen molar-refractivity contribution in [2.45, 2.75) is 19.4 Å². The summed E-state index contributed by atoms with van der Waals surface area (Å²) < 4.78 is 3.17. The average Bonchev–Trinajstić information content (AvgIpc) is 3.05. The minimum Gasteiger partial charge on any atom is -0.396 e. The molecule has 8 heteroatoms. The number of thiazole rings is 1. The summed E-state index contributed by atoms with van der Waals surface area (Å²) in [6, 6.07) is 1.51. The van der Waals surface area contributed by atoms with Crippen molar-refractivity contribution in [3.05, 3.63) is 45.6 Å². The van der Waals surface area contributed by atoms with Gasteiger partial charge >= 0.3 is 0 Å². The number of aryl methyl sites for hydroxylation is 1. The number of aliphatic hydroxyl groups is 1. The van der Waals surface area contributed by atoms with E-state index in [0.29, 0.717) is 30.0 Å². The summed E-state index contributed by atoms with van der Waals surface area (Å²) in [5.74, 6) is 0. The minimum atomic E-state index is -0.0909. The normalized spacial score (nSPS) is 11.2. The first kappa shape index (κ1) is 12.9. The van der Waals surface area contributed by atoms with Crippen LogP contribution < -0.4 is 5.56 Å². The Morgan fingerprint density at radius 3 is 3.10 bits per heavy atom. The molecule has 0 amide bonds. The van der Waals surface area contributed by atoms with Crippen LogP contribution in [-0.4, -0.2) is 36.1 Å². The van der Waals surface area contributed by atoms with Gasteiger partial charge in [-0.25, -0.2) is 9.67 Å². The fraction of sp³-hybridized carbons (Fsp3) is 0.333. The highest BCUT2D eigenvalue weighted by molar-refractivity contribution is 7.15. The van der Waals surface area contributed by atoms with Crippen molar-refractivity contribution in [2.24, 2.45) is 0 Å². The fourth-order valence-electron chi connectivity index (χ4n) is 1.93. The van der Waals surface area contributed by atoms with Gasteiger partial charge in [0.1, 0.15) is 0 Å². The maximum atomic E-state index is 11.9. The lowest BCUT2D eigenvalue weighted by Crippen LogP contribution is -2.14. The maximum Gasteiger partial charge on any atom is 0.258 e. The zero-order chi connectivity index (χ0) is 13.9. The van der Waals surface area contributed by atoms with Crippen molar-refractivity contribution in [3.8, 4) is 0 Å². The molecule has 3 aromatic rings. The van der Waals surface area contributed by atoms with E-state index in [2.05, 4.69) is 15.3 Å². The number of aliphatic hydroxyl groups excluding tert-OH is 1. The summed E-state index contributed by atoms with van der Waals surface area (Å²) in [5, 5.41) is 18.6. The van der Waals surface area contributed by atoms with Gasteiger partial charge in [-0.3, -0.25) is 9.20 Å². The monoisotopic (exact) mass is 291 g/mol. The highest BCUT2D eigenvalue weighted by atomic mass is 32.1. The highest BCUT2D eigenvalue weighted by Crippen LogP contribution is 2.07. The number of hydrogen-bond donors (Lipinski definition) is 1. The molecule has 0 saturated carbocycles. The predicted molar refractivity (Wildman–Crippen MR) is 73.9 cm³/mol. The van der Waals surface area contributed by atoms with E-state index in [1.165, 1.54) is 21.8 Å². The molecule has 1 N–H and O–H groups in total. The van der Waals surface area contributed by atoms with Crippen molar-refractivity contribution >= 4 is 16.3 Å². The molecule has 0 unspecified atom stereocenters. The van der Waals surface area contributed by atoms with Gasteiger partial charge in [0.05, 0.1) is 17.9 Å². The van der Waals surface area contributed by atoms with Crippen molar-refractivity contribution in [1.29, 1.82) is 0 Å². The number of fused-ring (bicyclic) bond motifs is 1. The molecule has 104 valence electrons. The summed E-state index contributed by atoms with van der Waals surface area (Å²) in [4.78, 5) is 16.9. The molecule has 0 radical (unpaired) electrons. The topological polar surface area (TPSA) is 85.3 Å². The first-order chi connectivity index (χ1) is 9.76. The molecule has 0 bridgehead atoms. The summed E-state index contributed by atoms with van der Waals surface area (Å²) in [7, 11) is 0. The molecule has 3 heterocycles. The molecule has 0 aromatic carbocycles. The Morgan fingerprint density at radius 2 is 2.25 bits per heavy atom. The lowest BCUT2D eigenvalue weighted by molar-refractivity contribution is 0.288. The van der Waals surface area contributed by atoms with Crippen LogP contribution in [0.25, 0.3) is 4.96 Å². The Balaban J connectivity index is 1.81. The van der Waals surface area contributed by atoms with Crippen LogP contribution in [0.1, 0.15) is 17.8 Å². The van der Waals surface area contributed by atoms with Crippen molar-refractivity contribution in [3.63, 3.8) is 0 Å². The van der Waals surface area contributed by atoms with Crippen LogP contribution >= 0.6 is 11.3 Å². The van der Waals surface area contributed by atoms with Gasteiger partial charge < -0.3 is 5.11 Å². The van der Waals surface area contributed by atoms with Crippen LogP contribution in [0.4, 0.5) is 0 Å². The highest BCUT2D eigenvalue weighted by Gasteiger charge is 2.06. The second kappa shape index (κ2) is 5.51. The molecule has 0 aliphatic heterocycles. The van der Waals surface area contributed by atoms with Gasteiger partial charge in [-0.15, -0.1) is 16.4 Å². The van der Waals surface area contributed by atoms with E-state index in [9.17, 15) is 4.79 Å². The van der Waals surface area contributed by atoms with Crippen LogP contribution in [-0.2, 0) is 13.0 Å². The predicted octanol–water partition coefficient (Wildman–Crippen LogP) is 0.321. The third kappa shape index (κ3) is 2.61. The van der Waals surface area contributed by atoms with Gasteiger partial charge in [-0.1, -0.05) is 5.21 Å². The molecule has 0 aliphatic carbocycles. The molecule has 20 heavy (non-hydrogen) atoms. The van der Waals surface area contributed by atoms with E-state index in [4.69, 9.17) is 5.11 Å². The molecule has 0 fully saturated rings. The molecular weight excluding hydrogens is 278 g/mol. The van der Waals surface area contributed by atoms with E-state index >= 15 is 0 Å². The maximum absolute atomic E-state index is 11.9. The molecule has 0 atom stereocenters. The van der Waals surface area contributed by atoms with Gasteiger partial charge in [0.15, 0.2) is 4.96 Å². The molecule has 0 aliphatic rings. The lowest BCUT2D eigenvalue weighted by atomic mass is 10.3. The second-order valence-corrected chi connectivity index (χ2v) is 5.25. The first-order valence-electron chi connectivity index (χ1n) is 6.22. The standard InChI is InChI=1S/C12H13N5O2S/c18-4-1-2-9-7-16(15-14-9)8-10-6-11(19)17-3-5-20-12(17)13-10/h3,5-7,18H,1-2,4,8H2. The van der Waals surface area contributed by atoms with Gasteiger partial charge in [0.2, 0.25) is 0 Å². The number of rotatable bonds is 5. The van der Waals surface area contributed by atoms with E-state index < -0.39 is 0 Å². The zero-order valence-corrected chi connectivity index (χ0v) is 11.5. The van der Waals surface area contributed by atoms with Crippen LogP contribution in [0.5, 0.6) is 0 Å². The Hall–Kier alpha value is -2.06. The summed E-state index contributed by atoms with van der Waals surface area (Å²) in [6.45, 7) is 0.552. The molecule has 0 saturated heterocycles. The van der Waals surface area contributed by atoms with Crippen LogP contribution in [0.2, 0.25) is 0 Å². The lowest BCUT2D eigenvalue weighted by Gasteiger charge is -2.00. The largest absolute Gasteiger partial charge is 0.396 e.